The smallest absolute Gasteiger partial charge is 0.337 e. The molecule has 0 bridgehead atoms. The van der Waals surface area contributed by atoms with Crippen molar-refractivity contribution in [2.75, 3.05) is 14.2 Å². The van der Waals surface area contributed by atoms with Crippen LogP contribution in [0.5, 0.6) is 0 Å². The molecule has 0 saturated carbocycles. The zero-order valence-electron chi connectivity index (χ0n) is 11.4. The van der Waals surface area contributed by atoms with Gasteiger partial charge in [-0.1, -0.05) is 25.1 Å². The van der Waals surface area contributed by atoms with Crippen LogP contribution in [0.25, 0.3) is 0 Å². The Morgan fingerprint density at radius 2 is 1.79 bits per heavy atom. The van der Waals surface area contributed by atoms with Crippen LogP contribution < -0.4 is 0 Å². The topological polar surface area (TPSA) is 52.6 Å². The van der Waals surface area contributed by atoms with Crippen molar-refractivity contribution in [3.63, 3.8) is 0 Å². The Morgan fingerprint density at radius 1 is 1.16 bits per heavy atom. The highest BCUT2D eigenvalue weighted by atomic mass is 16.5. The molecule has 0 spiro atoms. The molecule has 0 saturated heterocycles. The minimum Gasteiger partial charge on any atom is -0.466 e. The average Bonchev–Trinajstić information content (AvgIpc) is 2.47. The van der Waals surface area contributed by atoms with E-state index in [1.165, 1.54) is 20.3 Å². The van der Waals surface area contributed by atoms with Gasteiger partial charge in [0.1, 0.15) is 0 Å². The zero-order chi connectivity index (χ0) is 14.3. The van der Waals surface area contributed by atoms with E-state index in [9.17, 15) is 9.59 Å². The Bertz CT molecular complexity index is 460. The molecule has 0 aromatic heterocycles. The lowest BCUT2D eigenvalue weighted by Crippen LogP contribution is -2.02. The number of carbonyl (C=O) groups is 2. The number of rotatable bonds is 5. The quantitative estimate of drug-likeness (QED) is 0.604. The van der Waals surface area contributed by atoms with Crippen LogP contribution in [0.3, 0.4) is 0 Å². The number of esters is 2. The second kappa shape index (κ2) is 7.36. The van der Waals surface area contributed by atoms with Gasteiger partial charge in [-0.2, -0.15) is 0 Å². The molecule has 0 N–H and O–H groups in total. The summed E-state index contributed by atoms with van der Waals surface area (Å²) in [7, 11) is 2.70. The molecular formula is C15H18O4. The molecule has 1 rings (SSSR count). The normalized spacial score (nSPS) is 12.2. The molecule has 0 heterocycles. The fraction of sp³-hybridized carbons (Fsp3) is 0.333. The summed E-state index contributed by atoms with van der Waals surface area (Å²) in [5.41, 5.74) is 1.55. The summed E-state index contributed by atoms with van der Waals surface area (Å²) >= 11 is 0. The van der Waals surface area contributed by atoms with E-state index in [-0.39, 0.29) is 17.9 Å². The maximum Gasteiger partial charge on any atom is 0.337 e. The van der Waals surface area contributed by atoms with Crippen LogP contribution in [-0.2, 0) is 14.3 Å². The van der Waals surface area contributed by atoms with Gasteiger partial charge in [0.15, 0.2) is 0 Å². The van der Waals surface area contributed by atoms with E-state index in [4.69, 9.17) is 0 Å². The van der Waals surface area contributed by atoms with Crippen LogP contribution in [0.2, 0.25) is 0 Å². The second-order valence-corrected chi connectivity index (χ2v) is 4.01. The molecule has 0 fully saturated rings. The van der Waals surface area contributed by atoms with Crippen molar-refractivity contribution in [2.45, 2.75) is 19.3 Å². The van der Waals surface area contributed by atoms with Gasteiger partial charge in [0, 0.05) is 12.0 Å². The summed E-state index contributed by atoms with van der Waals surface area (Å²) in [6.45, 7) is 2.03. The first-order chi connectivity index (χ1) is 9.12. The van der Waals surface area contributed by atoms with Gasteiger partial charge in [-0.25, -0.2) is 9.59 Å². The van der Waals surface area contributed by atoms with Gasteiger partial charge in [0.25, 0.3) is 0 Å². The second-order valence-electron chi connectivity index (χ2n) is 4.01. The molecule has 0 aliphatic rings. The van der Waals surface area contributed by atoms with Crippen LogP contribution in [0.15, 0.2) is 36.4 Å². The molecule has 102 valence electrons. The zero-order valence-corrected chi connectivity index (χ0v) is 11.4. The summed E-state index contributed by atoms with van der Waals surface area (Å²) in [6, 6.07) is 7.16. The Hall–Kier alpha value is -2.10. The maximum absolute atomic E-state index is 11.3. The number of methoxy groups -OCH3 is 2. The van der Waals surface area contributed by atoms with E-state index in [1.807, 2.05) is 19.1 Å². The number of hydrogen-bond donors (Lipinski definition) is 0. The molecule has 1 atom stereocenters. The van der Waals surface area contributed by atoms with Gasteiger partial charge in [-0.05, 0) is 24.1 Å². The van der Waals surface area contributed by atoms with Crippen LogP contribution in [-0.4, -0.2) is 26.2 Å². The van der Waals surface area contributed by atoms with Gasteiger partial charge in [0.2, 0.25) is 0 Å². The fourth-order valence-electron chi connectivity index (χ4n) is 1.73. The molecule has 0 radical (unpaired) electrons. The molecule has 19 heavy (non-hydrogen) atoms. The van der Waals surface area contributed by atoms with E-state index in [0.29, 0.717) is 5.56 Å². The van der Waals surface area contributed by atoms with Crippen molar-refractivity contribution in [3.8, 4) is 0 Å². The van der Waals surface area contributed by atoms with Crippen molar-refractivity contribution in [1.82, 2.24) is 0 Å². The fourth-order valence-corrected chi connectivity index (χ4v) is 1.73. The number of hydrogen-bond acceptors (Lipinski definition) is 4. The van der Waals surface area contributed by atoms with Crippen LogP contribution in [0, 0.1) is 0 Å². The summed E-state index contributed by atoms with van der Waals surface area (Å²) < 4.78 is 9.20. The van der Waals surface area contributed by atoms with Gasteiger partial charge in [-0.3, -0.25) is 0 Å². The predicted molar refractivity (Wildman–Crippen MR) is 72.0 cm³/mol. The molecule has 0 aliphatic heterocycles. The number of ether oxygens (including phenoxy) is 2. The van der Waals surface area contributed by atoms with E-state index >= 15 is 0 Å². The molecule has 1 aromatic carbocycles. The number of allylic oxidation sites excluding steroid dienone is 1. The average molecular weight is 262 g/mol. The predicted octanol–water partition coefficient (Wildman–Crippen LogP) is 2.70. The first kappa shape index (κ1) is 15.0. The lowest BCUT2D eigenvalue weighted by Gasteiger charge is -2.10. The van der Waals surface area contributed by atoms with E-state index < -0.39 is 0 Å². The lowest BCUT2D eigenvalue weighted by atomic mass is 9.95. The molecule has 1 aromatic rings. The summed E-state index contributed by atoms with van der Waals surface area (Å²) in [6.07, 6.45) is 4.08. The lowest BCUT2D eigenvalue weighted by molar-refractivity contribution is -0.134. The molecule has 1 unspecified atom stereocenters. The molecule has 0 aliphatic carbocycles. The monoisotopic (exact) mass is 262 g/mol. The number of benzene rings is 1. The van der Waals surface area contributed by atoms with Gasteiger partial charge >= 0.3 is 11.9 Å². The highest BCUT2D eigenvalue weighted by molar-refractivity contribution is 5.89. The summed E-state index contributed by atoms with van der Waals surface area (Å²) in [5.74, 6) is -0.611. The number of carbonyl (C=O) groups excluding carboxylic acids is 2. The largest absolute Gasteiger partial charge is 0.466 e. The Kier molecular flexibility index (Phi) is 5.79. The van der Waals surface area contributed by atoms with Gasteiger partial charge in [-0.15, -0.1) is 0 Å². The third-order valence-corrected chi connectivity index (χ3v) is 2.87. The standard InChI is InChI=1S/C15H18O4/c1-4-11(9-10-14(16)18-2)12-5-7-13(8-6-12)15(17)19-3/h5-11H,4H2,1-3H3/b10-9+. The molecule has 4 heteroatoms. The van der Waals surface area contributed by atoms with Crippen LogP contribution >= 0.6 is 0 Å². The molecule has 4 nitrogen and oxygen atoms in total. The van der Waals surface area contributed by atoms with E-state index in [0.717, 1.165) is 12.0 Å². The van der Waals surface area contributed by atoms with Crippen LogP contribution in [0.4, 0.5) is 0 Å². The summed E-state index contributed by atoms with van der Waals surface area (Å²) in [4.78, 5) is 22.4. The highest BCUT2D eigenvalue weighted by Gasteiger charge is 2.09. The van der Waals surface area contributed by atoms with Gasteiger partial charge < -0.3 is 9.47 Å². The van der Waals surface area contributed by atoms with Crippen molar-refractivity contribution in [2.24, 2.45) is 0 Å². The maximum atomic E-state index is 11.3. The Labute approximate surface area is 113 Å². The minimum atomic E-state index is -0.371. The highest BCUT2D eigenvalue weighted by Crippen LogP contribution is 2.21. The third kappa shape index (κ3) is 4.25. The molecule has 0 amide bonds. The summed E-state index contributed by atoms with van der Waals surface area (Å²) in [5, 5.41) is 0. The van der Waals surface area contributed by atoms with Gasteiger partial charge in [0.05, 0.1) is 19.8 Å². The van der Waals surface area contributed by atoms with Crippen molar-refractivity contribution >= 4 is 11.9 Å². The third-order valence-electron chi connectivity index (χ3n) is 2.87. The SMILES string of the molecule is CCC(/C=C/C(=O)OC)c1ccc(C(=O)OC)cc1. The van der Waals surface area contributed by atoms with Crippen molar-refractivity contribution in [1.29, 1.82) is 0 Å². The van der Waals surface area contributed by atoms with E-state index in [1.54, 1.807) is 18.2 Å². The first-order valence-corrected chi connectivity index (χ1v) is 6.06. The Balaban J connectivity index is 2.85. The van der Waals surface area contributed by atoms with Crippen molar-refractivity contribution < 1.29 is 19.1 Å². The minimum absolute atomic E-state index is 0.116. The van der Waals surface area contributed by atoms with E-state index in [2.05, 4.69) is 9.47 Å². The van der Waals surface area contributed by atoms with Crippen molar-refractivity contribution in [3.05, 3.63) is 47.5 Å². The first-order valence-electron chi connectivity index (χ1n) is 6.06. The van der Waals surface area contributed by atoms with Crippen LogP contribution in [0.1, 0.15) is 35.2 Å². The Morgan fingerprint density at radius 3 is 2.26 bits per heavy atom. The molecular weight excluding hydrogens is 244 g/mol.